The fourth-order valence-corrected chi connectivity index (χ4v) is 2.03. The molecule has 1 amide bonds. The average Bonchev–Trinajstić information content (AvgIpc) is 2.82. The maximum Gasteiger partial charge on any atom is 0.270 e. The summed E-state index contributed by atoms with van der Waals surface area (Å²) in [5.41, 5.74) is 1.58. The van der Waals surface area contributed by atoms with Crippen molar-refractivity contribution in [1.82, 2.24) is 9.88 Å². The quantitative estimate of drug-likeness (QED) is 0.901. The van der Waals surface area contributed by atoms with Crippen LogP contribution in [0.3, 0.4) is 0 Å². The Balaban J connectivity index is 2.37. The molecule has 1 heterocycles. The minimum Gasteiger partial charge on any atom is -0.497 e. The molecule has 4 heteroatoms. The summed E-state index contributed by atoms with van der Waals surface area (Å²) in [6, 6.07) is 7.60. The third-order valence-electron chi connectivity index (χ3n) is 3.11. The number of benzene rings is 1. The first kappa shape index (κ1) is 12.5. The lowest BCUT2D eigenvalue weighted by Gasteiger charge is -2.17. The van der Waals surface area contributed by atoms with Gasteiger partial charge in [-0.3, -0.25) is 4.79 Å². The molecule has 0 saturated heterocycles. The second-order valence-corrected chi connectivity index (χ2v) is 4.11. The molecule has 0 bridgehead atoms. The van der Waals surface area contributed by atoms with Crippen LogP contribution in [0.2, 0.25) is 0 Å². The van der Waals surface area contributed by atoms with Gasteiger partial charge in [0.25, 0.3) is 5.91 Å². The van der Waals surface area contributed by atoms with Crippen LogP contribution in [0.4, 0.5) is 0 Å². The van der Waals surface area contributed by atoms with E-state index in [4.69, 9.17) is 4.74 Å². The summed E-state index contributed by atoms with van der Waals surface area (Å²) in [7, 11) is 1.63. The van der Waals surface area contributed by atoms with Crippen LogP contribution in [0.25, 0.3) is 10.9 Å². The number of hydrogen-bond acceptors (Lipinski definition) is 2. The highest BCUT2D eigenvalue weighted by molar-refractivity contribution is 5.98. The van der Waals surface area contributed by atoms with Crippen molar-refractivity contribution in [2.45, 2.75) is 13.8 Å². The number of carbonyl (C=O) groups excluding carboxylic acids is 1. The number of ether oxygens (including phenoxy) is 1. The summed E-state index contributed by atoms with van der Waals surface area (Å²) in [5.74, 6) is 0.832. The Morgan fingerprint density at radius 3 is 2.61 bits per heavy atom. The topological polar surface area (TPSA) is 45.3 Å². The number of nitrogens with one attached hydrogen (secondary N) is 1. The van der Waals surface area contributed by atoms with Crippen LogP contribution in [0, 0.1) is 0 Å². The molecular weight excluding hydrogens is 228 g/mol. The first-order chi connectivity index (χ1) is 8.69. The van der Waals surface area contributed by atoms with E-state index in [9.17, 15) is 4.79 Å². The fraction of sp³-hybridized carbons (Fsp3) is 0.357. The van der Waals surface area contributed by atoms with Gasteiger partial charge in [-0.05, 0) is 38.1 Å². The van der Waals surface area contributed by atoms with Gasteiger partial charge in [-0.2, -0.15) is 0 Å². The summed E-state index contributed by atoms with van der Waals surface area (Å²) in [6.07, 6.45) is 0. The number of hydrogen-bond donors (Lipinski definition) is 1. The molecule has 0 aliphatic rings. The molecule has 0 spiro atoms. The van der Waals surface area contributed by atoms with E-state index >= 15 is 0 Å². The van der Waals surface area contributed by atoms with Crippen LogP contribution in [0.1, 0.15) is 24.3 Å². The Labute approximate surface area is 107 Å². The molecule has 0 atom stereocenters. The maximum atomic E-state index is 12.2. The largest absolute Gasteiger partial charge is 0.497 e. The van der Waals surface area contributed by atoms with Gasteiger partial charge >= 0.3 is 0 Å². The van der Waals surface area contributed by atoms with Gasteiger partial charge in [0.05, 0.1) is 7.11 Å². The predicted molar refractivity (Wildman–Crippen MR) is 72.1 cm³/mol. The number of aromatic nitrogens is 1. The first-order valence-corrected chi connectivity index (χ1v) is 6.15. The lowest BCUT2D eigenvalue weighted by atomic mass is 10.2. The molecule has 1 aromatic carbocycles. The third kappa shape index (κ3) is 2.18. The molecule has 0 saturated carbocycles. The minimum atomic E-state index is 0.0372. The highest BCUT2D eigenvalue weighted by atomic mass is 16.5. The summed E-state index contributed by atoms with van der Waals surface area (Å²) in [4.78, 5) is 17.1. The molecule has 0 unspecified atom stereocenters. The van der Waals surface area contributed by atoms with E-state index in [0.717, 1.165) is 16.7 Å². The Bertz CT molecular complexity index is 556. The number of methoxy groups -OCH3 is 1. The zero-order valence-electron chi connectivity index (χ0n) is 11.0. The van der Waals surface area contributed by atoms with Gasteiger partial charge in [-0.15, -0.1) is 0 Å². The summed E-state index contributed by atoms with van der Waals surface area (Å²) in [6.45, 7) is 5.39. The summed E-state index contributed by atoms with van der Waals surface area (Å²) in [5, 5.41) is 0.991. The molecule has 18 heavy (non-hydrogen) atoms. The molecule has 0 fully saturated rings. The number of fused-ring (bicyclic) bond motifs is 1. The predicted octanol–water partition coefficient (Wildman–Crippen LogP) is 2.66. The molecule has 0 radical (unpaired) electrons. The van der Waals surface area contributed by atoms with Crippen LogP contribution >= 0.6 is 0 Å². The molecule has 2 rings (SSSR count). The lowest BCUT2D eigenvalue weighted by molar-refractivity contribution is 0.0768. The summed E-state index contributed by atoms with van der Waals surface area (Å²) >= 11 is 0. The van der Waals surface area contributed by atoms with E-state index in [1.54, 1.807) is 12.0 Å². The number of carbonyl (C=O) groups is 1. The second-order valence-electron chi connectivity index (χ2n) is 4.11. The second kappa shape index (κ2) is 5.12. The number of nitrogens with zero attached hydrogens (tertiary/aromatic N) is 1. The number of rotatable bonds is 4. The van der Waals surface area contributed by atoms with Crippen LogP contribution in [-0.2, 0) is 0 Å². The molecule has 1 aromatic heterocycles. The molecule has 4 nitrogen and oxygen atoms in total. The van der Waals surface area contributed by atoms with E-state index in [0.29, 0.717) is 18.8 Å². The van der Waals surface area contributed by atoms with Gasteiger partial charge in [-0.1, -0.05) is 0 Å². The lowest BCUT2D eigenvalue weighted by Crippen LogP contribution is -2.30. The van der Waals surface area contributed by atoms with Gasteiger partial charge in [0, 0.05) is 24.0 Å². The molecule has 2 aromatic rings. The van der Waals surface area contributed by atoms with Gasteiger partial charge in [0.1, 0.15) is 11.4 Å². The van der Waals surface area contributed by atoms with E-state index in [1.165, 1.54) is 0 Å². The van der Waals surface area contributed by atoms with Crippen molar-refractivity contribution in [2.24, 2.45) is 0 Å². The third-order valence-corrected chi connectivity index (χ3v) is 3.11. The molecule has 0 aliphatic carbocycles. The molecular formula is C14H18N2O2. The van der Waals surface area contributed by atoms with Crippen LogP contribution in [0.5, 0.6) is 5.75 Å². The van der Waals surface area contributed by atoms with Crippen molar-refractivity contribution < 1.29 is 9.53 Å². The molecule has 0 aliphatic heterocycles. The SMILES string of the molecule is CCN(CC)C(=O)c1cc2cc(OC)ccc2[nH]1. The number of amides is 1. The van der Waals surface area contributed by atoms with Gasteiger partial charge in [0.15, 0.2) is 0 Å². The van der Waals surface area contributed by atoms with Crippen LogP contribution < -0.4 is 4.74 Å². The van der Waals surface area contributed by atoms with E-state index in [-0.39, 0.29) is 5.91 Å². The minimum absolute atomic E-state index is 0.0372. The van der Waals surface area contributed by atoms with Crippen molar-refractivity contribution in [3.8, 4) is 5.75 Å². The number of aromatic amines is 1. The van der Waals surface area contributed by atoms with Crippen molar-refractivity contribution >= 4 is 16.8 Å². The summed E-state index contributed by atoms with van der Waals surface area (Å²) < 4.78 is 5.17. The fourth-order valence-electron chi connectivity index (χ4n) is 2.03. The van der Waals surface area contributed by atoms with E-state index in [2.05, 4.69) is 4.98 Å². The van der Waals surface area contributed by atoms with Crippen molar-refractivity contribution in [3.63, 3.8) is 0 Å². The first-order valence-electron chi connectivity index (χ1n) is 6.15. The van der Waals surface area contributed by atoms with Crippen molar-refractivity contribution in [2.75, 3.05) is 20.2 Å². The van der Waals surface area contributed by atoms with E-state index in [1.807, 2.05) is 38.1 Å². The zero-order chi connectivity index (χ0) is 13.1. The Morgan fingerprint density at radius 1 is 1.28 bits per heavy atom. The van der Waals surface area contributed by atoms with Crippen LogP contribution in [-0.4, -0.2) is 36.0 Å². The van der Waals surface area contributed by atoms with Gasteiger partial charge in [-0.25, -0.2) is 0 Å². The average molecular weight is 246 g/mol. The highest BCUT2D eigenvalue weighted by Crippen LogP contribution is 2.22. The van der Waals surface area contributed by atoms with Crippen LogP contribution in [0.15, 0.2) is 24.3 Å². The van der Waals surface area contributed by atoms with Gasteiger partial charge < -0.3 is 14.6 Å². The van der Waals surface area contributed by atoms with E-state index < -0.39 is 0 Å². The Kier molecular flexibility index (Phi) is 3.55. The Morgan fingerprint density at radius 2 is 2.00 bits per heavy atom. The zero-order valence-corrected chi connectivity index (χ0v) is 11.0. The van der Waals surface area contributed by atoms with Crippen molar-refractivity contribution in [3.05, 3.63) is 30.0 Å². The maximum absolute atomic E-state index is 12.2. The standard InChI is InChI=1S/C14H18N2O2/c1-4-16(5-2)14(17)13-9-10-8-11(18-3)6-7-12(10)15-13/h6-9,15H,4-5H2,1-3H3. The molecule has 96 valence electrons. The Hall–Kier alpha value is -1.97. The number of H-pyrrole nitrogens is 1. The monoisotopic (exact) mass is 246 g/mol. The normalized spacial score (nSPS) is 10.6. The van der Waals surface area contributed by atoms with Gasteiger partial charge in [0.2, 0.25) is 0 Å². The molecule has 1 N–H and O–H groups in total. The highest BCUT2D eigenvalue weighted by Gasteiger charge is 2.14. The smallest absolute Gasteiger partial charge is 0.270 e. The van der Waals surface area contributed by atoms with Crippen molar-refractivity contribution in [1.29, 1.82) is 0 Å².